The van der Waals surface area contributed by atoms with Gasteiger partial charge in [-0.05, 0) is 116 Å². The molecule has 5 aliphatic rings. The van der Waals surface area contributed by atoms with E-state index >= 15 is 0 Å². The lowest BCUT2D eigenvalue weighted by molar-refractivity contribution is -0.498. The van der Waals surface area contributed by atoms with Crippen LogP contribution in [0, 0.1) is 29.1 Å². The second-order valence-electron chi connectivity index (χ2n) is 18.2. The van der Waals surface area contributed by atoms with Crippen LogP contribution < -0.4 is 26.6 Å². The summed E-state index contributed by atoms with van der Waals surface area (Å²) in [6.45, 7) is 20.3. The van der Waals surface area contributed by atoms with Crippen molar-refractivity contribution in [1.82, 2.24) is 26.6 Å². The zero-order valence-electron chi connectivity index (χ0n) is 33.7. The fourth-order valence-electron chi connectivity index (χ4n) is 9.97. The van der Waals surface area contributed by atoms with Crippen molar-refractivity contribution >= 4 is 37.1 Å². The minimum absolute atomic E-state index is 0.0957. The Hall–Kier alpha value is -4.11. The number of aliphatic imine (C=N–C) groups is 1. The summed E-state index contributed by atoms with van der Waals surface area (Å²) in [5.41, 5.74) is 0.217. The van der Waals surface area contributed by atoms with Crippen LogP contribution in [0.5, 0.6) is 0 Å². The lowest BCUT2D eigenvalue weighted by Gasteiger charge is -2.94. The summed E-state index contributed by atoms with van der Waals surface area (Å²) in [7, 11) is -0.587. The van der Waals surface area contributed by atoms with Gasteiger partial charge in [0.2, 0.25) is 17.8 Å². The van der Waals surface area contributed by atoms with Crippen LogP contribution in [-0.2, 0) is 34.8 Å². The lowest BCUT2D eigenvalue weighted by atomic mass is 9.13. The molecular weight excluding hydrogens is 703 g/mol. The van der Waals surface area contributed by atoms with E-state index in [1.807, 2.05) is 30.3 Å². The molecular formula is C40H59BN6O8. The zero-order chi connectivity index (χ0) is 40.1. The summed E-state index contributed by atoms with van der Waals surface area (Å²) >= 11 is 0. The highest BCUT2D eigenvalue weighted by atomic mass is 16.6. The molecule has 6 rings (SSSR count). The number of benzene rings is 1. The maximum Gasteiger partial charge on any atom is 0.481 e. The molecule has 4 aliphatic carbocycles. The Bertz CT molecular complexity index is 1660. The molecule has 5 N–H and O–H groups in total. The third kappa shape index (κ3) is 8.23. The van der Waals surface area contributed by atoms with Gasteiger partial charge in [0.15, 0.2) is 0 Å². The summed E-state index contributed by atoms with van der Waals surface area (Å²) < 4.78 is 24.5. The van der Waals surface area contributed by atoms with Crippen LogP contribution in [0.1, 0.15) is 93.6 Å². The largest absolute Gasteiger partial charge is 0.481 e. The first-order valence-corrected chi connectivity index (χ1v) is 19.7. The van der Waals surface area contributed by atoms with Gasteiger partial charge in [0, 0.05) is 25.1 Å². The molecule has 300 valence electrons. The molecule has 6 unspecified atom stereocenters. The van der Waals surface area contributed by atoms with Gasteiger partial charge in [-0.3, -0.25) is 25.2 Å². The first-order chi connectivity index (χ1) is 25.7. The van der Waals surface area contributed by atoms with Crippen molar-refractivity contribution in [3.8, 4) is 0 Å². The number of fused-ring (bicyclic) bond motifs is 2. The number of alkyl carbamates (subject to hydrolysis) is 2. The van der Waals surface area contributed by atoms with Crippen molar-refractivity contribution in [1.29, 1.82) is 0 Å². The normalized spacial score (nSPS) is 29.6. The van der Waals surface area contributed by atoms with E-state index in [1.165, 1.54) is 19.8 Å². The molecule has 1 saturated heterocycles. The monoisotopic (exact) mass is 762 g/mol. The number of rotatable bonds is 13. The molecule has 5 fully saturated rings. The van der Waals surface area contributed by atoms with Gasteiger partial charge < -0.3 is 34.7 Å². The van der Waals surface area contributed by atoms with Gasteiger partial charge in [0.05, 0.1) is 23.7 Å². The Kier molecular flexibility index (Phi) is 11.1. The number of carbonyl (C=O) groups is 4. The Morgan fingerprint density at radius 3 is 2.20 bits per heavy atom. The summed E-state index contributed by atoms with van der Waals surface area (Å²) in [6, 6.07) is 8.54. The van der Waals surface area contributed by atoms with Gasteiger partial charge in [-0.25, -0.2) is 9.59 Å². The molecule has 1 spiro atoms. The molecule has 0 bridgehead atoms. The topological polar surface area (TPSA) is 178 Å². The van der Waals surface area contributed by atoms with Gasteiger partial charge in [-0.2, -0.15) is 0 Å². The average Bonchev–Trinajstić information content (AvgIpc) is 3.03. The molecule has 0 aromatic heterocycles. The highest BCUT2D eigenvalue weighted by Gasteiger charge is 2.94. The standard InChI is InChI=1S/C40H59BN6O8/c1-22(28(19-25-15-12-11-13-16-25)45-33(49)23(2)43-24(3)48)44-30(41-54-31-27-20-26-21-29-39(10,55-41)32(31)40(26,27)29)17-14-18-42-34(46-35(50)52-37(4,5)6)47-36(51)53-38(7,8)9/h11-13,15-16,23,26-32,44H,1,14,17-21H2,2-10H3,(H,43,48)(H,45,49)(H2,42,46,47,50,51)/t23?,26-,27?,28+,29?,30?,31+,32?,39+,40?/m1/s1. The number of hydrogen-bond acceptors (Lipinski definition) is 10. The molecule has 1 aliphatic heterocycles. The van der Waals surface area contributed by atoms with Crippen LogP contribution in [0.4, 0.5) is 9.59 Å². The fraction of sp³-hybridized carbons (Fsp3) is 0.675. The SMILES string of the molecule is C=C(NC(CCCN=C(NC(=O)OC(C)(C)C)NC(=O)OC(C)(C)C)B1O[C@H]2C3C[C@@H]4CC5C34C2[C@@]5(C)O1)[C@H](Cc1ccccc1)NC(=O)C(C)NC(C)=O. The fourth-order valence-corrected chi connectivity index (χ4v) is 9.97. The van der Waals surface area contributed by atoms with Crippen LogP contribution in [0.25, 0.3) is 0 Å². The third-order valence-corrected chi connectivity index (χ3v) is 12.0. The molecule has 1 aromatic carbocycles. The smallest absolute Gasteiger partial charge is 0.444 e. The van der Waals surface area contributed by atoms with Crippen molar-refractivity contribution in [2.24, 2.45) is 34.1 Å². The van der Waals surface area contributed by atoms with E-state index in [4.69, 9.17) is 18.8 Å². The van der Waals surface area contributed by atoms with E-state index in [-0.39, 0.29) is 42.0 Å². The molecule has 10 atom stereocenters. The molecule has 4 amide bonds. The number of nitrogens with one attached hydrogen (secondary N) is 5. The molecule has 14 nitrogen and oxygen atoms in total. The van der Waals surface area contributed by atoms with Crippen LogP contribution in [0.15, 0.2) is 47.6 Å². The van der Waals surface area contributed by atoms with E-state index in [0.717, 1.165) is 11.5 Å². The zero-order valence-corrected chi connectivity index (χ0v) is 33.7. The highest BCUT2D eigenvalue weighted by Crippen LogP contribution is 2.92. The summed E-state index contributed by atoms with van der Waals surface area (Å²) in [6.07, 6.45) is 2.52. The van der Waals surface area contributed by atoms with Gasteiger partial charge in [-0.15, -0.1) is 0 Å². The van der Waals surface area contributed by atoms with Crippen LogP contribution >= 0.6 is 0 Å². The molecule has 1 heterocycles. The first kappa shape index (κ1) is 40.6. The van der Waals surface area contributed by atoms with Crippen LogP contribution in [-0.4, -0.2) is 84.6 Å². The third-order valence-electron chi connectivity index (χ3n) is 12.0. The number of carbonyl (C=O) groups excluding carboxylic acids is 4. The summed E-state index contributed by atoms with van der Waals surface area (Å²) in [4.78, 5) is 54.9. The molecule has 15 heteroatoms. The van der Waals surface area contributed by atoms with Gasteiger partial charge in [0.1, 0.15) is 17.2 Å². The second-order valence-corrected chi connectivity index (χ2v) is 18.2. The van der Waals surface area contributed by atoms with Gasteiger partial charge in [-0.1, -0.05) is 36.9 Å². The van der Waals surface area contributed by atoms with E-state index in [1.54, 1.807) is 48.5 Å². The Labute approximate surface area is 325 Å². The number of nitrogens with zero attached hydrogens (tertiary/aromatic N) is 1. The molecule has 4 saturated carbocycles. The highest BCUT2D eigenvalue weighted by molar-refractivity contribution is 6.47. The van der Waals surface area contributed by atoms with Crippen molar-refractivity contribution in [3.63, 3.8) is 0 Å². The maximum absolute atomic E-state index is 13.3. The number of guanidine groups is 1. The van der Waals surface area contributed by atoms with Crippen LogP contribution in [0.2, 0.25) is 0 Å². The Morgan fingerprint density at radius 2 is 1.62 bits per heavy atom. The van der Waals surface area contributed by atoms with Crippen molar-refractivity contribution in [2.75, 3.05) is 6.54 Å². The van der Waals surface area contributed by atoms with E-state index in [2.05, 4.69) is 45.1 Å². The van der Waals surface area contributed by atoms with Crippen molar-refractivity contribution in [3.05, 3.63) is 48.2 Å². The van der Waals surface area contributed by atoms with E-state index < -0.39 is 42.6 Å². The maximum atomic E-state index is 13.3. The molecule has 0 radical (unpaired) electrons. The minimum atomic E-state index is -0.768. The Morgan fingerprint density at radius 1 is 0.982 bits per heavy atom. The summed E-state index contributed by atoms with van der Waals surface area (Å²) in [5.74, 6) is 1.25. The average molecular weight is 763 g/mol. The van der Waals surface area contributed by atoms with E-state index in [9.17, 15) is 19.2 Å². The second kappa shape index (κ2) is 15.1. The minimum Gasteiger partial charge on any atom is -0.444 e. The van der Waals surface area contributed by atoms with Gasteiger partial charge >= 0.3 is 19.3 Å². The predicted molar refractivity (Wildman–Crippen MR) is 207 cm³/mol. The number of hydrogen-bond donors (Lipinski definition) is 5. The molecule has 1 aromatic rings. The first-order valence-electron chi connectivity index (χ1n) is 19.7. The predicted octanol–water partition coefficient (Wildman–Crippen LogP) is 4.38. The number of ether oxygens (including phenoxy) is 2. The van der Waals surface area contributed by atoms with E-state index in [0.29, 0.717) is 48.1 Å². The quantitative estimate of drug-likeness (QED) is 0.0845. The number of amides is 4. The van der Waals surface area contributed by atoms with Gasteiger partial charge in [0.25, 0.3) is 0 Å². The summed E-state index contributed by atoms with van der Waals surface area (Å²) in [5, 5.41) is 14.4. The van der Waals surface area contributed by atoms with Crippen molar-refractivity contribution < 1.29 is 38.0 Å². The van der Waals surface area contributed by atoms with Crippen LogP contribution in [0.3, 0.4) is 0 Å². The van der Waals surface area contributed by atoms with Crippen molar-refractivity contribution in [2.45, 2.75) is 135 Å². The Balaban J connectivity index is 1.19. The lowest BCUT2D eigenvalue weighted by Crippen LogP contribution is -2.97. The molecule has 55 heavy (non-hydrogen) atoms.